The third-order valence-corrected chi connectivity index (χ3v) is 2.68. The van der Waals surface area contributed by atoms with Crippen molar-refractivity contribution in [3.8, 4) is 0 Å². The summed E-state index contributed by atoms with van der Waals surface area (Å²) in [7, 11) is 1.81. The lowest BCUT2D eigenvalue weighted by molar-refractivity contribution is 0.201. The Kier molecular flexibility index (Phi) is 5.55. The van der Waals surface area contributed by atoms with Crippen molar-refractivity contribution in [3.05, 3.63) is 5.28 Å². The molecule has 102 valence electrons. The average Bonchev–Trinajstić information content (AvgIpc) is 2.29. The van der Waals surface area contributed by atoms with Crippen LogP contribution >= 0.6 is 11.6 Å². The van der Waals surface area contributed by atoms with Crippen LogP contribution in [0.3, 0.4) is 0 Å². The van der Waals surface area contributed by atoms with Gasteiger partial charge in [0.1, 0.15) is 0 Å². The number of aliphatic hydroxyl groups is 1. The van der Waals surface area contributed by atoms with Crippen LogP contribution in [0.25, 0.3) is 0 Å². The monoisotopic (exact) mass is 273 g/mol. The smallest absolute Gasteiger partial charge is 0.231 e. The molecule has 1 unspecified atom stereocenters. The van der Waals surface area contributed by atoms with E-state index in [1.807, 2.05) is 25.8 Å². The molecule has 0 aliphatic heterocycles. The van der Waals surface area contributed by atoms with E-state index in [1.165, 1.54) is 0 Å². The zero-order valence-corrected chi connectivity index (χ0v) is 12.0. The van der Waals surface area contributed by atoms with Crippen LogP contribution in [0.4, 0.5) is 11.9 Å². The second-order valence-electron chi connectivity index (χ2n) is 4.11. The first-order valence-corrected chi connectivity index (χ1v) is 6.41. The Bertz CT molecular complexity index is 384. The molecule has 0 amide bonds. The van der Waals surface area contributed by atoms with Gasteiger partial charge in [-0.1, -0.05) is 0 Å². The predicted molar refractivity (Wildman–Crippen MR) is 73.3 cm³/mol. The number of aliphatic hydroxyl groups excluding tert-OH is 1. The van der Waals surface area contributed by atoms with E-state index in [-0.39, 0.29) is 5.28 Å². The Balaban J connectivity index is 2.99. The fourth-order valence-electron chi connectivity index (χ4n) is 1.63. The summed E-state index contributed by atoms with van der Waals surface area (Å²) >= 11 is 5.91. The van der Waals surface area contributed by atoms with E-state index in [2.05, 4.69) is 15.0 Å². The molecule has 0 fully saturated rings. The van der Waals surface area contributed by atoms with Gasteiger partial charge in [-0.15, -0.1) is 0 Å². The third-order valence-electron chi connectivity index (χ3n) is 2.51. The molecule has 0 aromatic carbocycles. The lowest BCUT2D eigenvalue weighted by Crippen LogP contribution is -2.30. The number of rotatable bonds is 6. The van der Waals surface area contributed by atoms with Crippen molar-refractivity contribution in [2.75, 3.05) is 36.5 Å². The second kappa shape index (κ2) is 6.70. The first kappa shape index (κ1) is 14.9. The van der Waals surface area contributed by atoms with E-state index in [0.717, 1.165) is 13.1 Å². The van der Waals surface area contributed by atoms with Crippen molar-refractivity contribution in [1.82, 2.24) is 15.0 Å². The molecule has 0 saturated carbocycles. The molecule has 0 bridgehead atoms. The highest BCUT2D eigenvalue weighted by Gasteiger charge is 2.13. The fraction of sp³-hybridized carbons (Fsp3) is 0.727. The topological polar surface area (TPSA) is 65.4 Å². The normalized spacial score (nSPS) is 12.3. The summed E-state index contributed by atoms with van der Waals surface area (Å²) < 4.78 is 0. The first-order valence-electron chi connectivity index (χ1n) is 6.03. The van der Waals surface area contributed by atoms with Gasteiger partial charge in [0.25, 0.3) is 0 Å². The second-order valence-corrected chi connectivity index (χ2v) is 4.44. The molecule has 0 aliphatic carbocycles. The fourth-order valence-corrected chi connectivity index (χ4v) is 1.78. The minimum atomic E-state index is -0.456. The molecular formula is C11H20ClN5O. The standard InChI is InChI=1S/C11H20ClN5O/c1-5-17(6-2)11-14-9(12)13-10(15-11)16(4)7-8(3)18/h8,18H,5-7H2,1-4H3. The number of aromatic nitrogens is 3. The molecule has 7 heteroatoms. The van der Waals surface area contributed by atoms with Crippen molar-refractivity contribution >= 4 is 23.5 Å². The van der Waals surface area contributed by atoms with Crippen LogP contribution in [0.1, 0.15) is 20.8 Å². The van der Waals surface area contributed by atoms with Crippen LogP contribution in [-0.2, 0) is 0 Å². The lowest BCUT2D eigenvalue weighted by atomic mass is 10.4. The van der Waals surface area contributed by atoms with E-state index < -0.39 is 6.10 Å². The predicted octanol–water partition coefficient (Wildman–Crippen LogP) is 1.19. The Morgan fingerprint density at radius 1 is 1.17 bits per heavy atom. The van der Waals surface area contributed by atoms with Crippen LogP contribution in [0.2, 0.25) is 5.28 Å². The molecule has 0 aliphatic rings. The van der Waals surface area contributed by atoms with Gasteiger partial charge < -0.3 is 14.9 Å². The molecule has 1 aromatic heterocycles. The zero-order chi connectivity index (χ0) is 13.7. The number of halogens is 1. The van der Waals surface area contributed by atoms with Gasteiger partial charge in [-0.2, -0.15) is 15.0 Å². The Hall–Kier alpha value is -1.14. The number of anilines is 2. The lowest BCUT2D eigenvalue weighted by Gasteiger charge is -2.22. The largest absolute Gasteiger partial charge is 0.392 e. The van der Waals surface area contributed by atoms with E-state index in [4.69, 9.17) is 11.6 Å². The molecule has 1 heterocycles. The zero-order valence-electron chi connectivity index (χ0n) is 11.3. The van der Waals surface area contributed by atoms with Crippen LogP contribution < -0.4 is 9.80 Å². The van der Waals surface area contributed by atoms with E-state index >= 15 is 0 Å². The number of hydrogen-bond donors (Lipinski definition) is 1. The third kappa shape index (κ3) is 3.96. The molecule has 1 atom stereocenters. The van der Waals surface area contributed by atoms with Gasteiger partial charge in [-0.25, -0.2) is 0 Å². The van der Waals surface area contributed by atoms with Crippen LogP contribution in [0.15, 0.2) is 0 Å². The summed E-state index contributed by atoms with van der Waals surface area (Å²) in [5, 5.41) is 9.53. The van der Waals surface area contributed by atoms with Crippen LogP contribution in [-0.4, -0.2) is 52.8 Å². The maximum Gasteiger partial charge on any atom is 0.231 e. The van der Waals surface area contributed by atoms with Gasteiger partial charge in [0.2, 0.25) is 17.2 Å². The van der Waals surface area contributed by atoms with Crippen LogP contribution in [0.5, 0.6) is 0 Å². The minimum absolute atomic E-state index is 0.166. The van der Waals surface area contributed by atoms with Gasteiger partial charge in [0.15, 0.2) is 0 Å². The van der Waals surface area contributed by atoms with E-state index in [1.54, 1.807) is 11.8 Å². The van der Waals surface area contributed by atoms with Gasteiger partial charge >= 0.3 is 0 Å². The number of likely N-dealkylation sites (N-methyl/N-ethyl adjacent to an activating group) is 1. The number of hydrogen-bond acceptors (Lipinski definition) is 6. The minimum Gasteiger partial charge on any atom is -0.392 e. The highest BCUT2D eigenvalue weighted by Crippen LogP contribution is 2.15. The molecule has 0 saturated heterocycles. The van der Waals surface area contributed by atoms with Crippen molar-refractivity contribution in [2.24, 2.45) is 0 Å². The summed E-state index contributed by atoms with van der Waals surface area (Å²) in [6.07, 6.45) is -0.456. The van der Waals surface area contributed by atoms with Crippen molar-refractivity contribution in [1.29, 1.82) is 0 Å². The van der Waals surface area contributed by atoms with Gasteiger partial charge in [0, 0.05) is 26.7 Å². The molecule has 1 N–H and O–H groups in total. The highest BCUT2D eigenvalue weighted by atomic mass is 35.5. The molecule has 18 heavy (non-hydrogen) atoms. The highest BCUT2D eigenvalue weighted by molar-refractivity contribution is 6.28. The SMILES string of the molecule is CCN(CC)c1nc(Cl)nc(N(C)CC(C)O)n1. The molecule has 0 radical (unpaired) electrons. The Morgan fingerprint density at radius 3 is 2.22 bits per heavy atom. The van der Waals surface area contributed by atoms with E-state index in [9.17, 15) is 5.11 Å². The number of nitrogens with zero attached hydrogens (tertiary/aromatic N) is 5. The van der Waals surface area contributed by atoms with Gasteiger partial charge in [-0.05, 0) is 32.4 Å². The maximum absolute atomic E-state index is 9.37. The maximum atomic E-state index is 9.37. The molecular weight excluding hydrogens is 254 g/mol. The Morgan fingerprint density at radius 2 is 1.72 bits per heavy atom. The van der Waals surface area contributed by atoms with Gasteiger partial charge in [-0.3, -0.25) is 0 Å². The van der Waals surface area contributed by atoms with Crippen molar-refractivity contribution < 1.29 is 5.11 Å². The summed E-state index contributed by atoms with van der Waals surface area (Å²) in [5.41, 5.74) is 0. The molecule has 0 spiro atoms. The van der Waals surface area contributed by atoms with Gasteiger partial charge in [0.05, 0.1) is 6.10 Å². The molecule has 1 aromatic rings. The van der Waals surface area contributed by atoms with Crippen molar-refractivity contribution in [2.45, 2.75) is 26.9 Å². The van der Waals surface area contributed by atoms with E-state index in [0.29, 0.717) is 18.4 Å². The first-order chi connectivity index (χ1) is 8.47. The molecule has 1 rings (SSSR count). The van der Waals surface area contributed by atoms with Crippen molar-refractivity contribution in [3.63, 3.8) is 0 Å². The summed E-state index contributed by atoms with van der Waals surface area (Å²) in [6.45, 7) is 7.82. The van der Waals surface area contributed by atoms with Crippen LogP contribution in [0, 0.1) is 0 Å². The summed E-state index contributed by atoms with van der Waals surface area (Å²) in [5.74, 6) is 1.03. The quantitative estimate of drug-likeness (QED) is 0.840. The summed E-state index contributed by atoms with van der Waals surface area (Å²) in [6, 6.07) is 0. The average molecular weight is 274 g/mol. The Labute approximate surface area is 113 Å². The summed E-state index contributed by atoms with van der Waals surface area (Å²) in [4.78, 5) is 16.3. The molecule has 6 nitrogen and oxygen atoms in total.